The fourth-order valence-corrected chi connectivity index (χ4v) is 6.24. The number of carbonyl (C=O) groups is 1. The highest BCUT2D eigenvalue weighted by Crippen LogP contribution is 2.28. The van der Waals surface area contributed by atoms with E-state index < -0.39 is 15.4 Å². The molecule has 1 saturated heterocycles. The van der Waals surface area contributed by atoms with Crippen molar-refractivity contribution < 1.29 is 27.4 Å². The Morgan fingerprint density at radius 2 is 1.82 bits per heavy atom. The first kappa shape index (κ1) is 30.3. The Kier molecular flexibility index (Phi) is 8.26. The summed E-state index contributed by atoms with van der Waals surface area (Å²) < 4.78 is 43.2. The van der Waals surface area contributed by atoms with Crippen LogP contribution < -0.4 is 4.74 Å². The third-order valence-electron chi connectivity index (χ3n) is 8.03. The number of aromatic nitrogens is 2. The molecule has 0 bridgehead atoms. The van der Waals surface area contributed by atoms with E-state index in [9.17, 15) is 13.2 Å². The van der Waals surface area contributed by atoms with Crippen molar-refractivity contribution in [1.82, 2.24) is 14.5 Å². The molecule has 1 fully saturated rings. The second-order valence-electron chi connectivity index (χ2n) is 12.7. The second kappa shape index (κ2) is 12.0. The van der Waals surface area contributed by atoms with Crippen molar-refractivity contribution in [1.29, 1.82) is 0 Å². The van der Waals surface area contributed by atoms with Crippen LogP contribution in [0.4, 0.5) is 0 Å². The third kappa shape index (κ3) is 6.98. The molecule has 4 aromatic rings. The number of sulfone groups is 1. The van der Waals surface area contributed by atoms with E-state index in [-0.39, 0.29) is 12.1 Å². The molecule has 0 radical (unpaired) electrons. The van der Waals surface area contributed by atoms with E-state index in [1.807, 2.05) is 39.0 Å². The van der Waals surface area contributed by atoms with Gasteiger partial charge < -0.3 is 18.8 Å². The van der Waals surface area contributed by atoms with Gasteiger partial charge in [-0.15, -0.1) is 0 Å². The van der Waals surface area contributed by atoms with Crippen molar-refractivity contribution in [2.24, 2.45) is 0 Å². The van der Waals surface area contributed by atoms with Crippen LogP contribution in [0.15, 0.2) is 65.6 Å². The zero-order valence-corrected chi connectivity index (χ0v) is 26.5. The molecule has 232 valence electrons. The van der Waals surface area contributed by atoms with E-state index in [0.29, 0.717) is 30.2 Å². The Bertz CT molecular complexity index is 1790. The maximum atomic E-state index is 12.8. The average molecular weight is 618 g/mol. The molecule has 0 spiro atoms. The molecule has 1 aromatic heterocycles. The second-order valence-corrected chi connectivity index (χ2v) is 14.7. The summed E-state index contributed by atoms with van der Waals surface area (Å²) in [5.41, 5.74) is 5.14. The highest BCUT2D eigenvalue weighted by Gasteiger charge is 2.25. The van der Waals surface area contributed by atoms with Gasteiger partial charge in [0.2, 0.25) is 0 Å². The molecule has 44 heavy (non-hydrogen) atoms. The van der Waals surface area contributed by atoms with Crippen LogP contribution in [0.5, 0.6) is 5.75 Å². The van der Waals surface area contributed by atoms with E-state index in [0.717, 1.165) is 60.7 Å². The Labute approximate surface area is 258 Å². The summed E-state index contributed by atoms with van der Waals surface area (Å²) in [4.78, 5) is 20.5. The van der Waals surface area contributed by atoms with Gasteiger partial charge in [0.15, 0.2) is 9.84 Å². The average Bonchev–Trinajstić information content (AvgIpc) is 3.28. The zero-order chi connectivity index (χ0) is 31.1. The summed E-state index contributed by atoms with van der Waals surface area (Å²) in [5.74, 6) is 1.39. The van der Waals surface area contributed by atoms with E-state index >= 15 is 0 Å². The first-order chi connectivity index (χ1) is 20.9. The number of benzene rings is 3. The molecule has 10 heteroatoms. The molecule has 1 atom stereocenters. The molecule has 2 aliphatic heterocycles. The summed E-state index contributed by atoms with van der Waals surface area (Å²) in [7, 11) is -3.23. The van der Waals surface area contributed by atoms with Crippen LogP contribution in [0.3, 0.4) is 0 Å². The summed E-state index contributed by atoms with van der Waals surface area (Å²) in [6.07, 6.45) is 3.28. The lowest BCUT2D eigenvalue weighted by Crippen LogP contribution is -2.34. The first-order valence-electron chi connectivity index (χ1n) is 15.0. The number of ether oxygens (including phenoxy) is 3. The minimum Gasteiger partial charge on any atom is -0.489 e. The lowest BCUT2D eigenvalue weighted by atomic mass is 9.99. The highest BCUT2D eigenvalue weighted by atomic mass is 32.2. The van der Waals surface area contributed by atoms with Gasteiger partial charge in [-0.25, -0.2) is 18.2 Å². The molecule has 6 rings (SSSR count). The van der Waals surface area contributed by atoms with Crippen LogP contribution in [-0.2, 0) is 52.0 Å². The highest BCUT2D eigenvalue weighted by molar-refractivity contribution is 7.90. The Balaban J connectivity index is 1.18. The van der Waals surface area contributed by atoms with Crippen molar-refractivity contribution in [3.05, 3.63) is 88.7 Å². The number of hydrogen-bond acceptors (Lipinski definition) is 8. The molecule has 3 aromatic carbocycles. The molecule has 0 amide bonds. The SMILES string of the molecule is CC(C)(C)OC(=O)c1ccc2nc(CN3CCc4ccc(OCc5ccc(S(C)(=O)=O)cc5)cc4C3)n(C[C@@H]3CCO3)c2c1. The largest absolute Gasteiger partial charge is 0.489 e. The van der Waals surface area contributed by atoms with E-state index in [1.54, 1.807) is 30.3 Å². The fourth-order valence-electron chi connectivity index (χ4n) is 5.61. The first-order valence-corrected chi connectivity index (χ1v) is 16.9. The molecule has 0 N–H and O–H groups in total. The Morgan fingerprint density at radius 1 is 1.05 bits per heavy atom. The summed E-state index contributed by atoms with van der Waals surface area (Å²) >= 11 is 0. The zero-order valence-electron chi connectivity index (χ0n) is 25.7. The van der Waals surface area contributed by atoms with E-state index in [4.69, 9.17) is 19.2 Å². The van der Waals surface area contributed by atoms with Crippen LogP contribution in [-0.4, -0.2) is 60.0 Å². The van der Waals surface area contributed by atoms with E-state index in [2.05, 4.69) is 21.6 Å². The van der Waals surface area contributed by atoms with Crippen LogP contribution in [0.2, 0.25) is 0 Å². The van der Waals surface area contributed by atoms with Gasteiger partial charge in [-0.2, -0.15) is 0 Å². The normalized spacial score (nSPS) is 17.2. The maximum Gasteiger partial charge on any atom is 0.338 e. The van der Waals surface area contributed by atoms with Crippen molar-refractivity contribution in [2.45, 2.75) is 76.5 Å². The number of nitrogens with zero attached hydrogens (tertiary/aromatic N) is 3. The van der Waals surface area contributed by atoms with Crippen molar-refractivity contribution in [2.75, 3.05) is 19.4 Å². The van der Waals surface area contributed by atoms with Gasteiger partial charge in [0.25, 0.3) is 0 Å². The third-order valence-corrected chi connectivity index (χ3v) is 9.16. The maximum absolute atomic E-state index is 12.8. The van der Waals surface area contributed by atoms with Gasteiger partial charge in [0.1, 0.15) is 23.8 Å². The van der Waals surface area contributed by atoms with Gasteiger partial charge in [-0.1, -0.05) is 18.2 Å². The molecular formula is C34H39N3O6S. The summed E-state index contributed by atoms with van der Waals surface area (Å²) in [6.45, 7) is 9.76. The Hall–Kier alpha value is -3.73. The van der Waals surface area contributed by atoms with Gasteiger partial charge in [0.05, 0.1) is 40.7 Å². The smallest absolute Gasteiger partial charge is 0.338 e. The number of carbonyl (C=O) groups excluding carboxylic acids is 1. The van der Waals surface area contributed by atoms with Crippen LogP contribution >= 0.6 is 0 Å². The summed E-state index contributed by atoms with van der Waals surface area (Å²) in [5, 5.41) is 0. The molecule has 0 unspecified atom stereocenters. The standard InChI is InChI=1S/C34H39N3O6S/c1-34(2,3)43-33(38)25-8-12-30-31(18-25)37(20-28-14-16-41-28)32(35-30)21-36-15-13-24-7-9-27(17-26(24)19-36)42-22-23-5-10-29(11-6-23)44(4,39)40/h5-12,17-18,28H,13-16,19-22H2,1-4H3/t28-/m0/s1. The molecule has 9 nitrogen and oxygen atoms in total. The summed E-state index contributed by atoms with van der Waals surface area (Å²) in [6, 6.07) is 18.6. The topological polar surface area (TPSA) is 100.0 Å². The molecule has 0 aliphatic carbocycles. The molecular weight excluding hydrogens is 578 g/mol. The minimum absolute atomic E-state index is 0.140. The molecule has 0 saturated carbocycles. The Morgan fingerprint density at radius 3 is 2.50 bits per heavy atom. The quantitative estimate of drug-likeness (QED) is 0.233. The molecule has 3 heterocycles. The van der Waals surface area contributed by atoms with Crippen LogP contribution in [0, 0.1) is 0 Å². The predicted octanol–water partition coefficient (Wildman–Crippen LogP) is 5.32. The monoisotopic (exact) mass is 617 g/mol. The van der Waals surface area contributed by atoms with Crippen molar-refractivity contribution in [3.8, 4) is 5.75 Å². The lowest BCUT2D eigenvalue weighted by Gasteiger charge is -2.30. The minimum atomic E-state index is -3.23. The number of fused-ring (bicyclic) bond motifs is 2. The number of rotatable bonds is 9. The van der Waals surface area contributed by atoms with Crippen molar-refractivity contribution in [3.63, 3.8) is 0 Å². The van der Waals surface area contributed by atoms with Gasteiger partial charge in [0, 0.05) is 26.0 Å². The predicted molar refractivity (Wildman–Crippen MR) is 167 cm³/mol. The van der Waals surface area contributed by atoms with Gasteiger partial charge in [-0.3, -0.25) is 4.90 Å². The van der Waals surface area contributed by atoms with Gasteiger partial charge in [-0.05, 0) is 92.8 Å². The van der Waals surface area contributed by atoms with Gasteiger partial charge >= 0.3 is 5.97 Å². The molecule has 2 aliphatic rings. The van der Waals surface area contributed by atoms with Crippen LogP contribution in [0.1, 0.15) is 60.1 Å². The number of esters is 1. The number of imidazole rings is 1. The van der Waals surface area contributed by atoms with Crippen LogP contribution in [0.25, 0.3) is 11.0 Å². The van der Waals surface area contributed by atoms with E-state index in [1.165, 1.54) is 17.4 Å². The van der Waals surface area contributed by atoms with Crippen molar-refractivity contribution >= 4 is 26.8 Å². The lowest BCUT2D eigenvalue weighted by molar-refractivity contribution is -0.0592. The number of hydrogen-bond donors (Lipinski definition) is 0. The fraction of sp³-hybridized carbons (Fsp3) is 0.412.